The van der Waals surface area contributed by atoms with Crippen molar-refractivity contribution in [2.24, 2.45) is 0 Å². The number of amides is 1. The van der Waals surface area contributed by atoms with E-state index in [1.807, 2.05) is 24.3 Å². The number of nitrogens with one attached hydrogen (secondary N) is 1. The molecule has 96 valence electrons. The highest BCUT2D eigenvalue weighted by Gasteiger charge is 2.21. The number of nitrogens with zero attached hydrogens (tertiary/aromatic N) is 1. The fraction of sp³-hybridized carbons (Fsp3) is 0.357. The molecule has 1 saturated heterocycles. The number of halogens is 1. The molecule has 1 amide bonds. The third-order valence-electron chi connectivity index (χ3n) is 3.15. The van der Waals surface area contributed by atoms with Crippen molar-refractivity contribution < 1.29 is 4.79 Å². The lowest BCUT2D eigenvalue weighted by molar-refractivity contribution is -0.117. The van der Waals surface area contributed by atoms with Crippen molar-refractivity contribution in [3.63, 3.8) is 0 Å². The molecular formula is C14H17ClN2O. The molecular weight excluding hydrogens is 248 g/mol. The van der Waals surface area contributed by atoms with Crippen molar-refractivity contribution in [1.29, 1.82) is 0 Å². The van der Waals surface area contributed by atoms with E-state index in [4.69, 9.17) is 11.6 Å². The third kappa shape index (κ3) is 3.05. The van der Waals surface area contributed by atoms with E-state index < -0.39 is 0 Å². The summed E-state index contributed by atoms with van der Waals surface area (Å²) in [5.74, 6) is -0.110. The van der Waals surface area contributed by atoms with Gasteiger partial charge in [-0.25, -0.2) is 0 Å². The highest BCUT2D eigenvalue weighted by molar-refractivity contribution is 6.33. The molecule has 1 fully saturated rings. The first kappa shape index (κ1) is 13.0. The molecule has 0 bridgehead atoms. The maximum Gasteiger partial charge on any atom is 0.243 e. The van der Waals surface area contributed by atoms with Crippen LogP contribution in [0.1, 0.15) is 12.8 Å². The highest BCUT2D eigenvalue weighted by atomic mass is 35.5. The van der Waals surface area contributed by atoms with Gasteiger partial charge in [-0.1, -0.05) is 30.3 Å². The Kier molecular flexibility index (Phi) is 4.26. The van der Waals surface area contributed by atoms with Crippen LogP contribution in [0.5, 0.6) is 0 Å². The number of hydrogen-bond acceptors (Lipinski definition) is 2. The monoisotopic (exact) mass is 264 g/mol. The number of rotatable bonds is 3. The molecule has 1 aliphatic heterocycles. The molecule has 0 aromatic heterocycles. The fourth-order valence-corrected chi connectivity index (χ4v) is 2.54. The second-order valence-corrected chi connectivity index (χ2v) is 4.86. The van der Waals surface area contributed by atoms with Gasteiger partial charge in [0, 0.05) is 19.1 Å². The van der Waals surface area contributed by atoms with Crippen molar-refractivity contribution in [3.05, 3.63) is 41.9 Å². The molecule has 1 unspecified atom stereocenters. The average molecular weight is 265 g/mol. The molecule has 1 aromatic rings. The molecule has 1 N–H and O–H groups in total. The summed E-state index contributed by atoms with van der Waals surface area (Å²) in [4.78, 5) is 13.5. The standard InChI is InChI=1S/C14H17ClN2O/c1-2-14(18)16-11-6-5-9-17(10-11)13-8-4-3-7-12(13)15/h2-4,7-8,11H,1,5-6,9-10H2,(H,16,18). The van der Waals surface area contributed by atoms with E-state index in [0.717, 1.165) is 36.6 Å². The van der Waals surface area contributed by atoms with Gasteiger partial charge < -0.3 is 10.2 Å². The minimum absolute atomic E-state index is 0.110. The van der Waals surface area contributed by atoms with E-state index >= 15 is 0 Å². The Hall–Kier alpha value is -1.48. The van der Waals surface area contributed by atoms with Gasteiger partial charge in [0.2, 0.25) is 5.91 Å². The predicted octanol–water partition coefficient (Wildman–Crippen LogP) is 2.61. The third-order valence-corrected chi connectivity index (χ3v) is 3.47. The van der Waals surface area contributed by atoms with E-state index in [1.165, 1.54) is 6.08 Å². The zero-order valence-corrected chi connectivity index (χ0v) is 11.0. The maximum atomic E-state index is 11.3. The summed E-state index contributed by atoms with van der Waals surface area (Å²) in [6.45, 7) is 5.24. The van der Waals surface area contributed by atoms with E-state index in [1.54, 1.807) is 0 Å². The predicted molar refractivity (Wildman–Crippen MR) is 75.0 cm³/mol. The first-order valence-electron chi connectivity index (χ1n) is 6.13. The summed E-state index contributed by atoms with van der Waals surface area (Å²) in [6, 6.07) is 7.98. The molecule has 0 radical (unpaired) electrons. The highest BCUT2D eigenvalue weighted by Crippen LogP contribution is 2.27. The van der Waals surface area contributed by atoms with Gasteiger partial charge in [-0.05, 0) is 31.1 Å². The summed E-state index contributed by atoms with van der Waals surface area (Å²) >= 11 is 6.19. The van der Waals surface area contributed by atoms with E-state index in [2.05, 4.69) is 16.8 Å². The molecule has 1 atom stereocenters. The number of carbonyl (C=O) groups is 1. The smallest absolute Gasteiger partial charge is 0.243 e. The van der Waals surface area contributed by atoms with Crippen LogP contribution in [0, 0.1) is 0 Å². The number of para-hydroxylation sites is 1. The van der Waals surface area contributed by atoms with Crippen molar-refractivity contribution in [2.75, 3.05) is 18.0 Å². The summed E-state index contributed by atoms with van der Waals surface area (Å²) in [7, 11) is 0. The van der Waals surface area contributed by atoms with Crippen LogP contribution in [-0.2, 0) is 4.79 Å². The summed E-state index contributed by atoms with van der Waals surface area (Å²) < 4.78 is 0. The Morgan fingerprint density at radius 2 is 2.28 bits per heavy atom. The number of anilines is 1. The summed E-state index contributed by atoms with van der Waals surface area (Å²) in [6.07, 6.45) is 3.36. The minimum atomic E-state index is -0.110. The number of piperidine rings is 1. The number of carbonyl (C=O) groups excluding carboxylic acids is 1. The van der Waals surface area contributed by atoms with E-state index in [-0.39, 0.29) is 11.9 Å². The Bertz CT molecular complexity index is 447. The second-order valence-electron chi connectivity index (χ2n) is 4.45. The van der Waals surface area contributed by atoms with Crippen LogP contribution in [0.15, 0.2) is 36.9 Å². The van der Waals surface area contributed by atoms with Crippen LogP contribution in [0.3, 0.4) is 0 Å². The first-order chi connectivity index (χ1) is 8.70. The van der Waals surface area contributed by atoms with Crippen molar-refractivity contribution in [2.45, 2.75) is 18.9 Å². The van der Waals surface area contributed by atoms with Gasteiger partial charge in [0.05, 0.1) is 10.7 Å². The Morgan fingerprint density at radius 3 is 3.00 bits per heavy atom. The Labute approximate surface area is 112 Å². The van der Waals surface area contributed by atoms with Crippen LogP contribution in [0.25, 0.3) is 0 Å². The van der Waals surface area contributed by atoms with E-state index in [9.17, 15) is 4.79 Å². The van der Waals surface area contributed by atoms with Gasteiger partial charge in [-0.2, -0.15) is 0 Å². The molecule has 18 heavy (non-hydrogen) atoms. The number of hydrogen-bond donors (Lipinski definition) is 1. The van der Waals surface area contributed by atoms with Gasteiger partial charge in [-0.3, -0.25) is 4.79 Å². The summed E-state index contributed by atoms with van der Waals surface area (Å²) in [5.41, 5.74) is 1.04. The molecule has 3 nitrogen and oxygen atoms in total. The maximum absolute atomic E-state index is 11.3. The molecule has 1 aliphatic rings. The lowest BCUT2D eigenvalue weighted by Crippen LogP contribution is -2.47. The molecule has 0 saturated carbocycles. The largest absolute Gasteiger partial charge is 0.368 e. The lowest BCUT2D eigenvalue weighted by atomic mass is 10.0. The minimum Gasteiger partial charge on any atom is -0.368 e. The summed E-state index contributed by atoms with van der Waals surface area (Å²) in [5, 5.41) is 3.70. The van der Waals surface area contributed by atoms with Gasteiger partial charge in [-0.15, -0.1) is 0 Å². The van der Waals surface area contributed by atoms with E-state index in [0.29, 0.717) is 0 Å². The molecule has 1 heterocycles. The van der Waals surface area contributed by atoms with Crippen LogP contribution in [-0.4, -0.2) is 25.0 Å². The Morgan fingerprint density at radius 1 is 1.50 bits per heavy atom. The van der Waals surface area contributed by atoms with Gasteiger partial charge >= 0.3 is 0 Å². The van der Waals surface area contributed by atoms with Gasteiger partial charge in [0.15, 0.2) is 0 Å². The zero-order chi connectivity index (χ0) is 13.0. The van der Waals surface area contributed by atoms with Crippen LogP contribution in [0.2, 0.25) is 5.02 Å². The SMILES string of the molecule is C=CC(=O)NC1CCCN(c2ccccc2Cl)C1. The second kappa shape index (κ2) is 5.91. The number of benzene rings is 1. The molecule has 2 rings (SSSR count). The Balaban J connectivity index is 2.05. The van der Waals surface area contributed by atoms with Crippen molar-refractivity contribution in [3.8, 4) is 0 Å². The topological polar surface area (TPSA) is 32.3 Å². The fourth-order valence-electron chi connectivity index (χ4n) is 2.28. The lowest BCUT2D eigenvalue weighted by Gasteiger charge is -2.35. The molecule has 1 aromatic carbocycles. The molecule has 0 aliphatic carbocycles. The van der Waals surface area contributed by atoms with Gasteiger partial charge in [0.25, 0.3) is 0 Å². The van der Waals surface area contributed by atoms with Crippen LogP contribution < -0.4 is 10.2 Å². The quantitative estimate of drug-likeness (QED) is 0.852. The van der Waals surface area contributed by atoms with Gasteiger partial charge in [0.1, 0.15) is 0 Å². The van der Waals surface area contributed by atoms with Crippen LogP contribution >= 0.6 is 11.6 Å². The first-order valence-corrected chi connectivity index (χ1v) is 6.51. The normalized spacial score (nSPS) is 19.4. The average Bonchev–Trinajstić information content (AvgIpc) is 2.39. The van der Waals surface area contributed by atoms with Crippen molar-refractivity contribution >= 4 is 23.2 Å². The molecule has 4 heteroatoms. The zero-order valence-electron chi connectivity index (χ0n) is 10.2. The molecule has 0 spiro atoms. The van der Waals surface area contributed by atoms with Crippen molar-refractivity contribution in [1.82, 2.24) is 5.32 Å². The van der Waals surface area contributed by atoms with Crippen LogP contribution in [0.4, 0.5) is 5.69 Å².